The lowest BCUT2D eigenvalue weighted by molar-refractivity contribution is -0.113. The molecule has 1 fully saturated rings. The fourth-order valence-electron chi connectivity index (χ4n) is 4.10. The Morgan fingerprint density at radius 1 is 1.17 bits per heavy atom. The molecule has 0 radical (unpaired) electrons. The first kappa shape index (κ1) is 24.5. The van der Waals surface area contributed by atoms with Crippen LogP contribution in [-0.4, -0.2) is 50.9 Å². The van der Waals surface area contributed by atoms with Crippen LogP contribution in [0.3, 0.4) is 0 Å². The number of likely N-dealkylation sites (tertiary alicyclic amines) is 1. The Balaban J connectivity index is 1.46. The number of methoxy groups -OCH3 is 1. The number of carbonyl (C=O) groups is 2. The van der Waals surface area contributed by atoms with E-state index >= 15 is 0 Å². The molecule has 1 unspecified atom stereocenters. The molecular formula is C26H29N5O3S. The first-order valence-electron chi connectivity index (χ1n) is 11.5. The van der Waals surface area contributed by atoms with E-state index in [0.717, 1.165) is 30.0 Å². The van der Waals surface area contributed by atoms with Crippen LogP contribution in [0.15, 0.2) is 66.3 Å². The van der Waals surface area contributed by atoms with Crippen LogP contribution < -0.4 is 10.1 Å². The minimum absolute atomic E-state index is 0.00581. The predicted octanol–water partition coefficient (Wildman–Crippen LogP) is 4.49. The summed E-state index contributed by atoms with van der Waals surface area (Å²) in [6.45, 7) is 7.03. The SMILES string of the molecule is C=CCn1c(SCC(=O)Nc2ccc(OC)cc2)nnc1C1CCCN1C(=O)c1ccc(C)cc1. The number of carbonyl (C=O) groups excluding carboxylic acids is 2. The maximum absolute atomic E-state index is 13.2. The highest BCUT2D eigenvalue weighted by molar-refractivity contribution is 7.99. The molecule has 0 saturated carbocycles. The Bertz CT molecular complexity index is 1190. The molecule has 2 aromatic carbocycles. The number of nitrogens with one attached hydrogen (secondary N) is 1. The van der Waals surface area contributed by atoms with Gasteiger partial charge >= 0.3 is 0 Å². The predicted molar refractivity (Wildman–Crippen MR) is 137 cm³/mol. The zero-order valence-electron chi connectivity index (χ0n) is 19.9. The summed E-state index contributed by atoms with van der Waals surface area (Å²) in [6, 6.07) is 14.6. The van der Waals surface area contributed by atoms with Crippen molar-refractivity contribution in [1.82, 2.24) is 19.7 Å². The Morgan fingerprint density at radius 3 is 2.60 bits per heavy atom. The largest absolute Gasteiger partial charge is 0.497 e. The molecule has 4 rings (SSSR count). The van der Waals surface area contributed by atoms with Crippen LogP contribution >= 0.6 is 11.8 Å². The highest BCUT2D eigenvalue weighted by Crippen LogP contribution is 2.34. The third kappa shape index (κ3) is 5.74. The van der Waals surface area contributed by atoms with Crippen LogP contribution in [0.5, 0.6) is 5.75 Å². The van der Waals surface area contributed by atoms with Gasteiger partial charge in [-0.2, -0.15) is 0 Å². The number of benzene rings is 2. The number of nitrogens with zero attached hydrogens (tertiary/aromatic N) is 4. The topological polar surface area (TPSA) is 89.3 Å². The summed E-state index contributed by atoms with van der Waals surface area (Å²) >= 11 is 1.31. The minimum atomic E-state index is -0.168. The van der Waals surface area contributed by atoms with E-state index in [2.05, 4.69) is 22.1 Å². The molecule has 182 valence electrons. The lowest BCUT2D eigenvalue weighted by Crippen LogP contribution is -2.32. The van der Waals surface area contributed by atoms with Gasteiger partial charge in [-0.1, -0.05) is 35.5 Å². The zero-order chi connectivity index (χ0) is 24.8. The van der Waals surface area contributed by atoms with Crippen molar-refractivity contribution in [3.8, 4) is 5.75 Å². The van der Waals surface area contributed by atoms with E-state index in [9.17, 15) is 9.59 Å². The second-order valence-corrected chi connectivity index (χ2v) is 9.27. The smallest absolute Gasteiger partial charge is 0.254 e. The zero-order valence-corrected chi connectivity index (χ0v) is 20.8. The number of thioether (sulfide) groups is 1. The number of hydrogen-bond donors (Lipinski definition) is 1. The number of hydrogen-bond acceptors (Lipinski definition) is 6. The third-order valence-corrected chi connectivity index (χ3v) is 6.84. The number of aromatic nitrogens is 3. The molecule has 1 saturated heterocycles. The van der Waals surface area contributed by atoms with E-state index in [1.807, 2.05) is 40.7 Å². The standard InChI is InChI=1S/C26H29N5O3S/c1-4-15-31-24(22-6-5-16-30(22)25(33)19-9-7-18(2)8-10-19)28-29-26(31)35-17-23(32)27-20-11-13-21(34-3)14-12-20/h4,7-14,22H,1,5-6,15-17H2,2-3H3,(H,27,32). The van der Waals surface area contributed by atoms with E-state index in [1.165, 1.54) is 11.8 Å². The van der Waals surface area contributed by atoms with Crippen molar-refractivity contribution in [2.45, 2.75) is 37.5 Å². The maximum atomic E-state index is 13.2. The van der Waals surface area contributed by atoms with Gasteiger partial charge in [0, 0.05) is 24.3 Å². The molecule has 0 bridgehead atoms. The summed E-state index contributed by atoms with van der Waals surface area (Å²) in [5.41, 5.74) is 2.48. The fourth-order valence-corrected chi connectivity index (χ4v) is 4.85. The maximum Gasteiger partial charge on any atom is 0.254 e. The third-order valence-electron chi connectivity index (χ3n) is 5.87. The summed E-state index contributed by atoms with van der Waals surface area (Å²) in [7, 11) is 1.60. The van der Waals surface area contributed by atoms with Gasteiger partial charge in [-0.15, -0.1) is 16.8 Å². The average molecular weight is 492 g/mol. The first-order chi connectivity index (χ1) is 17.0. The molecule has 1 aromatic heterocycles. The average Bonchev–Trinajstić information content (AvgIpc) is 3.50. The van der Waals surface area contributed by atoms with Crippen molar-refractivity contribution < 1.29 is 14.3 Å². The second-order valence-electron chi connectivity index (χ2n) is 8.33. The summed E-state index contributed by atoms with van der Waals surface area (Å²) in [4.78, 5) is 27.6. The van der Waals surface area contributed by atoms with Crippen molar-refractivity contribution in [3.63, 3.8) is 0 Å². The van der Waals surface area contributed by atoms with Gasteiger partial charge in [0.25, 0.3) is 5.91 Å². The molecule has 35 heavy (non-hydrogen) atoms. The van der Waals surface area contributed by atoms with Gasteiger partial charge in [0.05, 0.1) is 18.9 Å². The highest BCUT2D eigenvalue weighted by Gasteiger charge is 2.34. The van der Waals surface area contributed by atoms with Gasteiger partial charge in [0.15, 0.2) is 11.0 Å². The number of anilines is 1. The number of amides is 2. The van der Waals surface area contributed by atoms with Crippen LogP contribution in [0.1, 0.15) is 40.6 Å². The molecule has 8 nitrogen and oxygen atoms in total. The summed E-state index contributed by atoms with van der Waals surface area (Å²) in [5.74, 6) is 1.48. The molecule has 1 N–H and O–H groups in total. The molecule has 1 aliphatic rings. The molecule has 0 aliphatic carbocycles. The van der Waals surface area contributed by atoms with Gasteiger partial charge in [-0.25, -0.2) is 0 Å². The number of aryl methyl sites for hydroxylation is 1. The van der Waals surface area contributed by atoms with Gasteiger partial charge in [0.2, 0.25) is 5.91 Å². The fraction of sp³-hybridized carbons (Fsp3) is 0.308. The van der Waals surface area contributed by atoms with Crippen molar-refractivity contribution in [1.29, 1.82) is 0 Å². The lowest BCUT2D eigenvalue weighted by atomic mass is 10.1. The van der Waals surface area contributed by atoms with Gasteiger partial charge < -0.3 is 19.5 Å². The van der Waals surface area contributed by atoms with Crippen LogP contribution in [-0.2, 0) is 11.3 Å². The van der Waals surface area contributed by atoms with E-state index in [4.69, 9.17) is 4.74 Å². The Kier molecular flexibility index (Phi) is 7.87. The molecule has 0 spiro atoms. The number of allylic oxidation sites excluding steroid dienone is 1. The molecule has 2 heterocycles. The lowest BCUT2D eigenvalue weighted by Gasteiger charge is -2.24. The molecule has 2 amide bonds. The normalized spacial score (nSPS) is 15.1. The van der Waals surface area contributed by atoms with Crippen LogP contribution in [0.25, 0.3) is 0 Å². The molecule has 1 atom stereocenters. The van der Waals surface area contributed by atoms with E-state index in [-0.39, 0.29) is 23.6 Å². The van der Waals surface area contributed by atoms with Crippen molar-refractivity contribution >= 4 is 29.3 Å². The van der Waals surface area contributed by atoms with Gasteiger partial charge in [0.1, 0.15) is 5.75 Å². The molecule has 3 aromatic rings. The second kappa shape index (κ2) is 11.2. The molecular weight excluding hydrogens is 462 g/mol. The van der Waals surface area contributed by atoms with Crippen LogP contribution in [0.4, 0.5) is 5.69 Å². The highest BCUT2D eigenvalue weighted by atomic mass is 32.2. The van der Waals surface area contributed by atoms with Gasteiger partial charge in [-0.05, 0) is 56.2 Å². The van der Waals surface area contributed by atoms with E-state index in [0.29, 0.717) is 29.5 Å². The van der Waals surface area contributed by atoms with E-state index < -0.39 is 0 Å². The summed E-state index contributed by atoms with van der Waals surface area (Å²) < 4.78 is 7.09. The monoisotopic (exact) mass is 491 g/mol. The summed E-state index contributed by atoms with van der Waals surface area (Å²) in [5, 5.41) is 12.3. The first-order valence-corrected chi connectivity index (χ1v) is 12.5. The summed E-state index contributed by atoms with van der Waals surface area (Å²) in [6.07, 6.45) is 3.49. The number of ether oxygens (including phenoxy) is 1. The van der Waals surface area contributed by atoms with Crippen molar-refractivity contribution in [3.05, 3.63) is 78.1 Å². The van der Waals surface area contributed by atoms with Crippen molar-refractivity contribution in [2.24, 2.45) is 0 Å². The van der Waals surface area contributed by atoms with E-state index in [1.54, 1.807) is 37.5 Å². The van der Waals surface area contributed by atoms with Crippen molar-refractivity contribution in [2.75, 3.05) is 24.7 Å². The quantitative estimate of drug-likeness (QED) is 0.350. The van der Waals surface area contributed by atoms with Gasteiger partial charge in [-0.3, -0.25) is 9.59 Å². The Morgan fingerprint density at radius 2 is 1.91 bits per heavy atom. The minimum Gasteiger partial charge on any atom is -0.497 e. The van der Waals surface area contributed by atoms with Crippen LogP contribution in [0.2, 0.25) is 0 Å². The molecule has 9 heteroatoms. The van der Waals surface area contributed by atoms with Crippen LogP contribution in [0, 0.1) is 6.92 Å². The molecule has 1 aliphatic heterocycles. The number of rotatable bonds is 9. The Labute approximate surface area is 209 Å². The Hall–Kier alpha value is -3.59.